The lowest BCUT2D eigenvalue weighted by Crippen LogP contribution is -2.16. The fraction of sp³-hybridized carbons (Fsp3) is 0. The molecule has 0 aromatic carbocycles. The molecule has 2 aromatic heterocycles. The van der Waals surface area contributed by atoms with E-state index in [0.29, 0.717) is 11.5 Å². The molecule has 0 saturated carbocycles. The zero-order valence-electron chi connectivity index (χ0n) is 8.59. The van der Waals surface area contributed by atoms with Crippen LogP contribution in [0.25, 0.3) is 0 Å². The summed E-state index contributed by atoms with van der Waals surface area (Å²) in [6.45, 7) is 0. The van der Waals surface area contributed by atoms with Gasteiger partial charge in [-0.05, 0) is 12.1 Å². The highest BCUT2D eigenvalue weighted by Crippen LogP contribution is 2.12. The van der Waals surface area contributed by atoms with Crippen molar-refractivity contribution in [3.8, 4) is 0 Å². The van der Waals surface area contributed by atoms with E-state index in [2.05, 4.69) is 20.3 Å². The molecule has 0 fully saturated rings. The maximum Gasteiger partial charge on any atom is 0.277 e. The lowest BCUT2D eigenvalue weighted by Gasteiger charge is -2.05. The number of hydrogen-bond donors (Lipinski definition) is 2. The van der Waals surface area contributed by atoms with Crippen LogP contribution in [0.5, 0.6) is 0 Å². The van der Waals surface area contributed by atoms with Gasteiger partial charge in [-0.1, -0.05) is 11.6 Å². The Hall–Kier alpha value is -2.21. The van der Waals surface area contributed by atoms with E-state index < -0.39 is 5.91 Å². The molecule has 0 bridgehead atoms. The van der Waals surface area contributed by atoms with Gasteiger partial charge >= 0.3 is 0 Å². The second-order valence-electron chi connectivity index (χ2n) is 3.12. The molecule has 0 aliphatic rings. The van der Waals surface area contributed by atoms with Gasteiger partial charge in [0, 0.05) is 12.3 Å². The molecule has 2 rings (SSSR count). The molecule has 6 nitrogen and oxygen atoms in total. The van der Waals surface area contributed by atoms with Crippen molar-refractivity contribution < 1.29 is 4.79 Å². The summed E-state index contributed by atoms with van der Waals surface area (Å²) in [4.78, 5) is 23.2. The first-order valence-electron chi connectivity index (χ1n) is 4.66. The molecule has 0 spiro atoms. The highest BCUT2D eigenvalue weighted by atomic mass is 35.5. The van der Waals surface area contributed by atoms with Crippen LogP contribution in [0.4, 0.5) is 11.5 Å². The number of rotatable bonds is 2. The van der Waals surface area contributed by atoms with Gasteiger partial charge in [-0.25, -0.2) is 15.0 Å². The highest BCUT2D eigenvalue weighted by molar-refractivity contribution is 6.29. The van der Waals surface area contributed by atoms with E-state index >= 15 is 0 Å². The lowest BCUT2D eigenvalue weighted by molar-refractivity contribution is 0.102. The zero-order valence-corrected chi connectivity index (χ0v) is 9.35. The average Bonchev–Trinajstić information content (AvgIpc) is 2.29. The molecule has 0 radical (unpaired) electrons. The van der Waals surface area contributed by atoms with Crippen LogP contribution in [0.2, 0.25) is 5.15 Å². The number of amides is 1. The minimum Gasteiger partial charge on any atom is -0.397 e. The third-order valence-corrected chi connectivity index (χ3v) is 2.14. The minimum absolute atomic E-state index is 0.141. The topological polar surface area (TPSA) is 93.8 Å². The quantitative estimate of drug-likeness (QED) is 0.784. The van der Waals surface area contributed by atoms with Gasteiger partial charge in [-0.15, -0.1) is 0 Å². The Morgan fingerprint density at radius 3 is 2.88 bits per heavy atom. The summed E-state index contributed by atoms with van der Waals surface area (Å²) in [5.74, 6) is -0.155. The Morgan fingerprint density at radius 2 is 2.18 bits per heavy atom. The molecule has 2 aromatic rings. The number of nitrogen functional groups attached to an aromatic ring is 1. The van der Waals surface area contributed by atoms with E-state index in [4.69, 9.17) is 17.3 Å². The van der Waals surface area contributed by atoms with Crippen molar-refractivity contribution in [2.24, 2.45) is 0 Å². The number of nitrogens with one attached hydrogen (secondary N) is 1. The summed E-state index contributed by atoms with van der Waals surface area (Å²) < 4.78 is 0. The molecule has 2 heterocycles. The molecular formula is C10H8ClN5O. The molecule has 86 valence electrons. The van der Waals surface area contributed by atoms with Crippen LogP contribution >= 0.6 is 11.6 Å². The van der Waals surface area contributed by atoms with Crippen molar-refractivity contribution in [3.05, 3.63) is 41.6 Å². The second kappa shape index (κ2) is 4.75. The summed E-state index contributed by atoms with van der Waals surface area (Å²) in [7, 11) is 0. The van der Waals surface area contributed by atoms with Crippen LogP contribution < -0.4 is 11.1 Å². The van der Waals surface area contributed by atoms with Gasteiger partial charge in [-0.2, -0.15) is 0 Å². The molecule has 0 saturated heterocycles. The molecule has 7 heteroatoms. The molecule has 0 aliphatic heterocycles. The normalized spacial score (nSPS) is 9.94. The third kappa shape index (κ3) is 2.67. The molecular weight excluding hydrogens is 242 g/mol. The van der Waals surface area contributed by atoms with Gasteiger partial charge in [0.25, 0.3) is 5.91 Å². The number of pyridine rings is 1. The number of aromatic nitrogens is 3. The number of nitrogens with two attached hydrogens (primary N) is 1. The fourth-order valence-corrected chi connectivity index (χ4v) is 1.33. The van der Waals surface area contributed by atoms with Gasteiger partial charge in [0.2, 0.25) is 0 Å². The minimum atomic E-state index is -0.446. The molecule has 0 atom stereocenters. The second-order valence-corrected chi connectivity index (χ2v) is 3.51. The van der Waals surface area contributed by atoms with Gasteiger partial charge in [0.15, 0.2) is 5.69 Å². The maximum atomic E-state index is 11.8. The summed E-state index contributed by atoms with van der Waals surface area (Å²) in [5, 5.41) is 2.76. The van der Waals surface area contributed by atoms with Crippen molar-refractivity contribution in [2.45, 2.75) is 0 Å². The standard InChI is InChI=1S/C10H8ClN5O/c11-7-4-8(15-5-14-7)16-10(17)9-6(12)2-1-3-13-9/h1-5H,12H2,(H,14,15,16,17). The number of nitrogens with zero attached hydrogens (tertiary/aromatic N) is 3. The SMILES string of the molecule is Nc1cccnc1C(=O)Nc1cc(Cl)ncn1. The van der Waals surface area contributed by atoms with E-state index in [0.717, 1.165) is 0 Å². The largest absolute Gasteiger partial charge is 0.397 e. The average molecular weight is 250 g/mol. The predicted molar refractivity (Wildman–Crippen MR) is 63.6 cm³/mol. The van der Waals surface area contributed by atoms with Crippen LogP contribution in [-0.2, 0) is 0 Å². The van der Waals surface area contributed by atoms with E-state index in [1.807, 2.05) is 0 Å². The van der Waals surface area contributed by atoms with Crippen LogP contribution in [0.3, 0.4) is 0 Å². The monoisotopic (exact) mass is 249 g/mol. The molecule has 1 amide bonds. The number of carbonyl (C=O) groups is 1. The Kier molecular flexibility index (Phi) is 3.15. The summed E-state index contributed by atoms with van der Waals surface area (Å²) >= 11 is 5.66. The summed E-state index contributed by atoms with van der Waals surface area (Å²) in [6.07, 6.45) is 2.73. The van der Waals surface area contributed by atoms with E-state index in [9.17, 15) is 4.79 Å². The van der Waals surface area contributed by atoms with Gasteiger partial charge in [-0.3, -0.25) is 4.79 Å². The van der Waals surface area contributed by atoms with Crippen molar-refractivity contribution in [1.29, 1.82) is 0 Å². The Bertz CT molecular complexity index is 560. The van der Waals surface area contributed by atoms with Crippen LogP contribution in [-0.4, -0.2) is 20.9 Å². The fourth-order valence-electron chi connectivity index (χ4n) is 1.18. The Balaban J connectivity index is 2.20. The Labute approximate surface area is 102 Å². The summed E-state index contributed by atoms with van der Waals surface area (Å²) in [6, 6.07) is 4.67. The van der Waals surface area contributed by atoms with E-state index in [1.54, 1.807) is 12.1 Å². The highest BCUT2D eigenvalue weighted by Gasteiger charge is 2.11. The van der Waals surface area contributed by atoms with Gasteiger partial charge in [0.1, 0.15) is 17.3 Å². The first-order valence-corrected chi connectivity index (χ1v) is 5.04. The van der Waals surface area contributed by atoms with Crippen LogP contribution in [0.15, 0.2) is 30.7 Å². The molecule has 0 unspecified atom stereocenters. The van der Waals surface area contributed by atoms with Gasteiger partial charge < -0.3 is 11.1 Å². The maximum absolute atomic E-state index is 11.8. The van der Waals surface area contributed by atoms with Crippen molar-refractivity contribution >= 4 is 29.0 Å². The first-order chi connectivity index (χ1) is 8.16. The first kappa shape index (κ1) is 11.3. The smallest absolute Gasteiger partial charge is 0.277 e. The van der Waals surface area contributed by atoms with E-state index in [-0.39, 0.29) is 10.8 Å². The molecule has 0 aliphatic carbocycles. The summed E-state index contributed by atoms with van der Waals surface area (Å²) in [5.41, 5.74) is 6.06. The van der Waals surface area contributed by atoms with Crippen LogP contribution in [0, 0.1) is 0 Å². The van der Waals surface area contributed by atoms with Crippen LogP contribution in [0.1, 0.15) is 10.5 Å². The molecule has 17 heavy (non-hydrogen) atoms. The number of hydrogen-bond acceptors (Lipinski definition) is 5. The van der Waals surface area contributed by atoms with Crippen molar-refractivity contribution in [1.82, 2.24) is 15.0 Å². The van der Waals surface area contributed by atoms with Gasteiger partial charge in [0.05, 0.1) is 5.69 Å². The zero-order chi connectivity index (χ0) is 12.3. The number of anilines is 2. The third-order valence-electron chi connectivity index (χ3n) is 1.93. The predicted octanol–water partition coefficient (Wildman–Crippen LogP) is 1.36. The van der Waals surface area contributed by atoms with Crippen molar-refractivity contribution in [3.63, 3.8) is 0 Å². The number of halogens is 1. The molecule has 3 N–H and O–H groups in total. The number of carbonyl (C=O) groups excluding carboxylic acids is 1. The lowest BCUT2D eigenvalue weighted by atomic mass is 10.3. The van der Waals surface area contributed by atoms with Crippen molar-refractivity contribution in [2.75, 3.05) is 11.1 Å². The Morgan fingerprint density at radius 1 is 1.35 bits per heavy atom. The van der Waals surface area contributed by atoms with E-state index in [1.165, 1.54) is 18.6 Å².